The summed E-state index contributed by atoms with van der Waals surface area (Å²) in [7, 11) is 3.91. The number of azo groups is 1. The number of fused-ring (bicyclic) bond motifs is 4. The third-order valence-corrected chi connectivity index (χ3v) is 12.1. The maximum Gasteiger partial charge on any atom is 0.241 e. The minimum absolute atomic E-state index is 0.00653. The van der Waals surface area contributed by atoms with E-state index in [2.05, 4.69) is 10.2 Å². The molecule has 0 radical (unpaired) electrons. The Hall–Kier alpha value is -5.68. The van der Waals surface area contributed by atoms with Gasteiger partial charge in [0.05, 0.1) is 50.9 Å². The predicted molar refractivity (Wildman–Crippen MR) is 203 cm³/mol. The molecule has 2 heterocycles. The number of phenolic OH excluding ortho intramolecular Hbond substituents is 1. The van der Waals surface area contributed by atoms with Gasteiger partial charge in [-0.05, 0) is 105 Å². The van der Waals surface area contributed by atoms with E-state index in [0.29, 0.717) is 28.2 Å². The van der Waals surface area contributed by atoms with Crippen LogP contribution in [0.15, 0.2) is 107 Å². The maximum atomic E-state index is 14.6. The zero-order valence-electron chi connectivity index (χ0n) is 30.0. The number of hydrogen-bond donors (Lipinski definition) is 1. The molecular formula is C42H37ClFN5O5. The Morgan fingerprint density at radius 3 is 2.13 bits per heavy atom. The van der Waals surface area contributed by atoms with E-state index in [1.54, 1.807) is 56.3 Å². The summed E-state index contributed by atoms with van der Waals surface area (Å²) >= 11 is 6.10. The minimum Gasteiger partial charge on any atom is -0.507 e. The summed E-state index contributed by atoms with van der Waals surface area (Å²) in [5.74, 6) is -6.18. The second-order valence-corrected chi connectivity index (χ2v) is 15.3. The summed E-state index contributed by atoms with van der Waals surface area (Å²) in [4.78, 5) is 61.8. The summed E-state index contributed by atoms with van der Waals surface area (Å²) in [6.45, 7) is 3.48. The lowest BCUT2D eigenvalue weighted by Crippen LogP contribution is -2.49. The molecule has 2 aliphatic carbocycles. The highest BCUT2D eigenvalue weighted by Gasteiger charge is 2.68. The van der Waals surface area contributed by atoms with Gasteiger partial charge in [0, 0.05) is 31.3 Å². The lowest BCUT2D eigenvalue weighted by molar-refractivity contribution is -0.131. The van der Waals surface area contributed by atoms with Gasteiger partial charge < -0.3 is 10.0 Å². The molecule has 274 valence electrons. The van der Waals surface area contributed by atoms with E-state index < -0.39 is 52.6 Å². The van der Waals surface area contributed by atoms with Crippen LogP contribution >= 0.6 is 11.6 Å². The number of nitrogens with zero attached hydrogens (tertiary/aromatic N) is 5. The van der Waals surface area contributed by atoms with Crippen LogP contribution in [0.2, 0.25) is 5.02 Å². The summed E-state index contributed by atoms with van der Waals surface area (Å²) in [5.41, 5.74) is 3.21. The van der Waals surface area contributed by atoms with Crippen molar-refractivity contribution in [2.75, 3.05) is 28.8 Å². The van der Waals surface area contributed by atoms with Crippen LogP contribution in [-0.4, -0.2) is 42.8 Å². The summed E-state index contributed by atoms with van der Waals surface area (Å²) in [6, 6.07) is 23.3. The van der Waals surface area contributed by atoms with E-state index in [1.807, 2.05) is 49.3 Å². The molecule has 12 heteroatoms. The van der Waals surface area contributed by atoms with Gasteiger partial charge in [0.1, 0.15) is 11.6 Å². The fourth-order valence-electron chi connectivity index (χ4n) is 9.00. The van der Waals surface area contributed by atoms with Crippen molar-refractivity contribution in [1.29, 1.82) is 0 Å². The van der Waals surface area contributed by atoms with Crippen LogP contribution in [0.5, 0.6) is 5.75 Å². The van der Waals surface area contributed by atoms with Crippen LogP contribution in [0.4, 0.5) is 32.8 Å². The normalized spacial score (nSPS) is 26.3. The SMILES string of the molecule is Cc1cccc([C@H]2C3=CC[C@@H]4C(=O)N(c5ccc(N=Nc6ccc(N(C)C)cc6)cc5)C(=O)[C@@H]4[C@@H]3C[C@H]3C(=O)N(c4ccc(F)c(Cl)c4)C(=O)[C@@]23C)c1O. The van der Waals surface area contributed by atoms with Gasteiger partial charge >= 0.3 is 0 Å². The van der Waals surface area contributed by atoms with Crippen molar-refractivity contribution in [3.8, 4) is 5.75 Å². The molecule has 1 N–H and O–H groups in total. The number of hydrogen-bond acceptors (Lipinski definition) is 8. The number of rotatable bonds is 6. The number of carbonyl (C=O) groups excluding carboxylic acids is 4. The molecule has 0 spiro atoms. The highest BCUT2D eigenvalue weighted by Crippen LogP contribution is 2.64. The monoisotopic (exact) mass is 745 g/mol. The lowest BCUT2D eigenvalue weighted by Gasteiger charge is -2.49. The summed E-state index contributed by atoms with van der Waals surface area (Å²) < 4.78 is 14.2. The number of imide groups is 2. The molecule has 4 aromatic carbocycles. The number of halogens is 2. The van der Waals surface area contributed by atoms with Gasteiger partial charge in [0.2, 0.25) is 23.6 Å². The standard InChI is InChI=1S/C42H37ClFN5O5/c1-22-6-5-7-30(37(22)50)36-28-17-18-29-35(31(28)21-32-39(52)49(41(54)42(32,36)2)27-16-19-34(44)33(43)20-27)40(53)48(38(29)51)26-14-10-24(11-15-26)46-45-23-8-12-25(13-9-23)47(3)4/h5-17,19-20,29,31-32,35-36,50H,18,21H2,1-4H3/t29-,31+,32-,35-,36+,42+/m0/s1. The number of phenols is 1. The average molecular weight is 746 g/mol. The van der Waals surface area contributed by atoms with E-state index in [9.17, 15) is 28.7 Å². The van der Waals surface area contributed by atoms with Crippen molar-refractivity contribution >= 4 is 63.7 Å². The van der Waals surface area contributed by atoms with Crippen LogP contribution in [-0.2, 0) is 19.2 Å². The molecule has 0 unspecified atom stereocenters. The van der Waals surface area contributed by atoms with Crippen molar-refractivity contribution in [2.45, 2.75) is 32.6 Å². The Balaban J connectivity index is 1.14. The number of anilines is 3. The number of benzene rings is 4. The second kappa shape index (κ2) is 13.0. The molecule has 3 fully saturated rings. The Morgan fingerprint density at radius 1 is 0.833 bits per heavy atom. The van der Waals surface area contributed by atoms with E-state index in [-0.39, 0.29) is 41.1 Å². The minimum atomic E-state index is -1.37. The Kier molecular flexibility index (Phi) is 8.52. The number of aryl methyl sites for hydroxylation is 1. The van der Waals surface area contributed by atoms with Crippen LogP contribution in [0.3, 0.4) is 0 Å². The van der Waals surface area contributed by atoms with Gasteiger partial charge in [0.15, 0.2) is 0 Å². The zero-order chi connectivity index (χ0) is 38.2. The molecule has 4 aromatic rings. The van der Waals surface area contributed by atoms with Crippen LogP contribution in [0.25, 0.3) is 0 Å². The number of para-hydroxylation sites is 1. The molecule has 10 nitrogen and oxygen atoms in total. The molecule has 0 bridgehead atoms. The molecule has 8 rings (SSSR count). The van der Waals surface area contributed by atoms with Crippen LogP contribution in [0.1, 0.15) is 36.8 Å². The van der Waals surface area contributed by atoms with Gasteiger partial charge in [-0.2, -0.15) is 10.2 Å². The quantitative estimate of drug-likeness (QED) is 0.120. The first kappa shape index (κ1) is 35.4. The highest BCUT2D eigenvalue weighted by atomic mass is 35.5. The molecule has 54 heavy (non-hydrogen) atoms. The lowest BCUT2D eigenvalue weighted by atomic mass is 9.51. The Labute approximate surface area is 316 Å². The Morgan fingerprint density at radius 2 is 1.48 bits per heavy atom. The van der Waals surface area contributed by atoms with Gasteiger partial charge in [0.25, 0.3) is 0 Å². The molecule has 2 saturated heterocycles. The van der Waals surface area contributed by atoms with Crippen molar-refractivity contribution < 1.29 is 28.7 Å². The number of carbonyl (C=O) groups is 4. The molecule has 0 aromatic heterocycles. The van der Waals surface area contributed by atoms with Crippen molar-refractivity contribution in [3.05, 3.63) is 119 Å². The predicted octanol–water partition coefficient (Wildman–Crippen LogP) is 8.41. The van der Waals surface area contributed by atoms with Gasteiger partial charge in [-0.15, -0.1) is 0 Å². The molecule has 6 atom stereocenters. The summed E-state index contributed by atoms with van der Waals surface area (Å²) in [5, 5.41) is 19.9. The van der Waals surface area contributed by atoms with Crippen molar-refractivity contribution in [2.24, 2.45) is 39.3 Å². The first-order chi connectivity index (χ1) is 25.8. The number of aromatic hydroxyl groups is 1. The third-order valence-electron chi connectivity index (χ3n) is 11.8. The van der Waals surface area contributed by atoms with Gasteiger partial charge in [-0.1, -0.05) is 41.4 Å². The average Bonchev–Trinajstić information content (AvgIpc) is 3.53. The highest BCUT2D eigenvalue weighted by molar-refractivity contribution is 6.32. The zero-order valence-corrected chi connectivity index (χ0v) is 30.8. The van der Waals surface area contributed by atoms with Crippen molar-refractivity contribution in [3.63, 3.8) is 0 Å². The fraction of sp³-hybridized carbons (Fsp3) is 0.286. The molecule has 4 amide bonds. The first-order valence-electron chi connectivity index (χ1n) is 17.8. The van der Waals surface area contributed by atoms with E-state index in [4.69, 9.17) is 11.6 Å². The second-order valence-electron chi connectivity index (χ2n) is 14.9. The molecule has 4 aliphatic rings. The number of amides is 4. The summed E-state index contributed by atoms with van der Waals surface area (Å²) in [6.07, 6.45) is 2.31. The first-order valence-corrected chi connectivity index (χ1v) is 18.2. The van der Waals surface area contributed by atoms with Crippen LogP contribution < -0.4 is 14.7 Å². The molecule has 2 aliphatic heterocycles. The Bertz CT molecular complexity index is 2310. The largest absolute Gasteiger partial charge is 0.507 e. The maximum absolute atomic E-state index is 14.6. The molecule has 1 saturated carbocycles. The third kappa shape index (κ3) is 5.35. The fourth-order valence-corrected chi connectivity index (χ4v) is 9.17. The number of allylic oxidation sites excluding steroid dienone is 2. The molecular weight excluding hydrogens is 709 g/mol. The van der Waals surface area contributed by atoms with E-state index in [0.717, 1.165) is 22.2 Å². The smallest absolute Gasteiger partial charge is 0.241 e. The van der Waals surface area contributed by atoms with Crippen LogP contribution in [0, 0.1) is 41.8 Å². The van der Waals surface area contributed by atoms with Crippen molar-refractivity contribution in [1.82, 2.24) is 0 Å². The van der Waals surface area contributed by atoms with Gasteiger partial charge in [-0.25, -0.2) is 9.29 Å². The van der Waals surface area contributed by atoms with E-state index >= 15 is 0 Å². The van der Waals surface area contributed by atoms with Gasteiger partial charge in [-0.3, -0.25) is 24.1 Å². The van der Waals surface area contributed by atoms with E-state index in [1.165, 1.54) is 17.0 Å². The topological polar surface area (TPSA) is 123 Å².